The number of benzene rings is 1. The normalized spacial score (nSPS) is 10.9. The first kappa shape index (κ1) is 16.0. The molecule has 0 aliphatic carbocycles. The average Bonchev–Trinajstić information content (AvgIpc) is 2.45. The molecule has 0 atom stereocenters. The molecule has 0 amide bonds. The van der Waals surface area contributed by atoms with Gasteiger partial charge in [0.25, 0.3) is 5.56 Å². The number of nitriles is 2. The van der Waals surface area contributed by atoms with Crippen LogP contribution in [0.1, 0.15) is 16.7 Å². The van der Waals surface area contributed by atoms with Crippen molar-refractivity contribution < 1.29 is 17.6 Å². The Morgan fingerprint density at radius 3 is 2.26 bits per heavy atom. The Morgan fingerprint density at radius 2 is 1.74 bits per heavy atom. The van der Waals surface area contributed by atoms with Crippen LogP contribution < -0.4 is 11.3 Å². The molecule has 9 heteroatoms. The molecule has 0 saturated heterocycles. The molecule has 0 radical (unpaired) electrons. The minimum atomic E-state index is -4.98. The highest BCUT2D eigenvalue weighted by molar-refractivity contribution is 5.80. The van der Waals surface area contributed by atoms with Crippen molar-refractivity contribution in [3.63, 3.8) is 0 Å². The summed E-state index contributed by atoms with van der Waals surface area (Å²) in [7, 11) is 0. The van der Waals surface area contributed by atoms with Crippen LogP contribution in [0, 0.1) is 28.5 Å². The molecule has 3 N–H and O–H groups in total. The van der Waals surface area contributed by atoms with Gasteiger partial charge in [-0.15, -0.1) is 0 Å². The van der Waals surface area contributed by atoms with Crippen molar-refractivity contribution in [1.82, 2.24) is 4.98 Å². The molecule has 1 heterocycles. The topological polar surface area (TPSA) is 106 Å². The number of nitrogen functional groups attached to an aromatic ring is 1. The van der Waals surface area contributed by atoms with E-state index in [1.54, 1.807) is 6.07 Å². The molecular weight excluding hydrogens is 316 g/mol. The molecule has 0 bridgehead atoms. The van der Waals surface area contributed by atoms with E-state index < -0.39 is 51.2 Å². The molecular formula is C14H6F4N4O. The quantitative estimate of drug-likeness (QED) is 0.787. The number of nitrogens with zero attached hydrogens (tertiary/aromatic N) is 2. The summed E-state index contributed by atoms with van der Waals surface area (Å²) in [6.45, 7) is 0. The number of pyridine rings is 1. The standard InChI is InChI=1S/C14H6F4N4O/c15-11-6(2-1-3-9(11)14(16,17)18)10-7(4-19)12(21)22-13(23)8(10)5-20/h1-3H,(H3,21,22,23). The van der Waals surface area contributed by atoms with E-state index in [0.29, 0.717) is 6.07 Å². The molecule has 0 spiro atoms. The van der Waals surface area contributed by atoms with Gasteiger partial charge in [-0.25, -0.2) is 4.39 Å². The zero-order chi connectivity index (χ0) is 17.4. The summed E-state index contributed by atoms with van der Waals surface area (Å²) in [5, 5.41) is 18.1. The van der Waals surface area contributed by atoms with Gasteiger partial charge in [0.1, 0.15) is 34.9 Å². The first-order chi connectivity index (χ1) is 10.7. The first-order valence-electron chi connectivity index (χ1n) is 5.94. The van der Waals surface area contributed by atoms with Crippen molar-refractivity contribution in [3.05, 3.63) is 51.1 Å². The van der Waals surface area contributed by atoms with Gasteiger partial charge in [0, 0.05) is 11.1 Å². The van der Waals surface area contributed by atoms with Gasteiger partial charge in [-0.2, -0.15) is 23.7 Å². The summed E-state index contributed by atoms with van der Waals surface area (Å²) >= 11 is 0. The van der Waals surface area contributed by atoms with Gasteiger partial charge in [0.05, 0.1) is 5.56 Å². The predicted octanol–water partition coefficient (Wildman–Crippen LogP) is 2.53. The molecule has 0 aliphatic rings. The van der Waals surface area contributed by atoms with Crippen LogP contribution in [0.25, 0.3) is 11.1 Å². The molecule has 0 unspecified atom stereocenters. The summed E-state index contributed by atoms with van der Waals surface area (Å²) in [5.41, 5.74) is 0.363. The van der Waals surface area contributed by atoms with E-state index in [2.05, 4.69) is 0 Å². The second kappa shape index (κ2) is 5.46. The van der Waals surface area contributed by atoms with E-state index in [1.165, 1.54) is 6.07 Å². The van der Waals surface area contributed by atoms with Gasteiger partial charge in [0.2, 0.25) is 0 Å². The molecule has 0 saturated carbocycles. The Kier molecular flexibility index (Phi) is 3.81. The molecule has 1 aromatic heterocycles. The monoisotopic (exact) mass is 322 g/mol. The number of aromatic nitrogens is 1. The lowest BCUT2D eigenvalue weighted by molar-refractivity contribution is -0.139. The minimum absolute atomic E-state index is 0.469. The number of hydrogen-bond donors (Lipinski definition) is 2. The Hall–Kier alpha value is -3.33. The number of nitrogens with two attached hydrogens (primary N) is 1. The molecule has 5 nitrogen and oxygen atoms in total. The van der Waals surface area contributed by atoms with Crippen LogP contribution in [0.4, 0.5) is 23.4 Å². The zero-order valence-electron chi connectivity index (χ0n) is 11.1. The van der Waals surface area contributed by atoms with E-state index in [9.17, 15) is 22.4 Å². The van der Waals surface area contributed by atoms with Gasteiger partial charge in [0.15, 0.2) is 0 Å². The summed E-state index contributed by atoms with van der Waals surface area (Å²) in [6, 6.07) is 5.35. The highest BCUT2D eigenvalue weighted by Crippen LogP contribution is 2.37. The van der Waals surface area contributed by atoms with Crippen LogP contribution in [0.5, 0.6) is 0 Å². The Balaban J connectivity index is 2.98. The smallest absolute Gasteiger partial charge is 0.384 e. The van der Waals surface area contributed by atoms with Gasteiger partial charge in [-0.05, 0) is 6.07 Å². The average molecular weight is 322 g/mol. The third kappa shape index (κ3) is 2.60. The van der Waals surface area contributed by atoms with E-state index in [1.807, 2.05) is 4.98 Å². The van der Waals surface area contributed by atoms with Gasteiger partial charge in [-0.3, -0.25) is 4.79 Å². The molecule has 2 rings (SSSR count). The van der Waals surface area contributed by atoms with Crippen molar-refractivity contribution in [2.24, 2.45) is 0 Å². The van der Waals surface area contributed by atoms with Crippen molar-refractivity contribution >= 4 is 5.82 Å². The molecule has 0 aliphatic heterocycles. The lowest BCUT2D eigenvalue weighted by Crippen LogP contribution is -2.17. The molecule has 0 fully saturated rings. The van der Waals surface area contributed by atoms with Crippen molar-refractivity contribution in [3.8, 4) is 23.3 Å². The van der Waals surface area contributed by atoms with Crippen LogP contribution in [-0.2, 0) is 6.18 Å². The van der Waals surface area contributed by atoms with E-state index in [-0.39, 0.29) is 0 Å². The number of aromatic amines is 1. The minimum Gasteiger partial charge on any atom is -0.384 e. The van der Waals surface area contributed by atoms with Crippen LogP contribution >= 0.6 is 0 Å². The molecule has 2 aromatic rings. The highest BCUT2D eigenvalue weighted by Gasteiger charge is 2.35. The third-order valence-corrected chi connectivity index (χ3v) is 3.04. The summed E-state index contributed by atoms with van der Waals surface area (Å²) < 4.78 is 52.7. The first-order valence-corrected chi connectivity index (χ1v) is 5.94. The second-order valence-corrected chi connectivity index (χ2v) is 4.38. The van der Waals surface area contributed by atoms with Crippen molar-refractivity contribution in [1.29, 1.82) is 10.5 Å². The summed E-state index contributed by atoms with van der Waals surface area (Å²) in [5.74, 6) is -2.17. The molecule has 23 heavy (non-hydrogen) atoms. The van der Waals surface area contributed by atoms with Crippen LogP contribution in [0.15, 0.2) is 23.0 Å². The van der Waals surface area contributed by atoms with E-state index in [4.69, 9.17) is 16.3 Å². The molecule has 1 aromatic carbocycles. The third-order valence-electron chi connectivity index (χ3n) is 3.04. The SMILES string of the molecule is N#Cc1c(N)[nH]c(=O)c(C#N)c1-c1cccc(C(F)(F)F)c1F. The number of halogens is 4. The lowest BCUT2D eigenvalue weighted by Gasteiger charge is -2.13. The summed E-state index contributed by atoms with van der Waals surface area (Å²) in [6.07, 6.45) is -4.98. The number of hydrogen-bond acceptors (Lipinski definition) is 4. The second-order valence-electron chi connectivity index (χ2n) is 4.38. The van der Waals surface area contributed by atoms with Crippen LogP contribution in [0.3, 0.4) is 0 Å². The molecule has 116 valence electrons. The van der Waals surface area contributed by atoms with Gasteiger partial charge >= 0.3 is 6.18 Å². The van der Waals surface area contributed by atoms with Crippen LogP contribution in [0.2, 0.25) is 0 Å². The Bertz CT molecular complexity index is 932. The fourth-order valence-corrected chi connectivity index (χ4v) is 2.06. The van der Waals surface area contributed by atoms with Gasteiger partial charge in [-0.1, -0.05) is 12.1 Å². The van der Waals surface area contributed by atoms with Crippen molar-refractivity contribution in [2.45, 2.75) is 6.18 Å². The number of nitrogens with one attached hydrogen (secondary N) is 1. The van der Waals surface area contributed by atoms with E-state index >= 15 is 0 Å². The Morgan fingerprint density at radius 1 is 1.13 bits per heavy atom. The van der Waals surface area contributed by atoms with Crippen LogP contribution in [-0.4, -0.2) is 4.98 Å². The maximum absolute atomic E-state index is 14.3. The number of alkyl halides is 3. The van der Waals surface area contributed by atoms with Gasteiger partial charge < -0.3 is 10.7 Å². The number of rotatable bonds is 1. The van der Waals surface area contributed by atoms with E-state index in [0.717, 1.165) is 12.1 Å². The number of anilines is 1. The lowest BCUT2D eigenvalue weighted by atomic mass is 9.94. The zero-order valence-corrected chi connectivity index (χ0v) is 11.1. The fraction of sp³-hybridized carbons (Fsp3) is 0.0714. The Labute approximate surface area is 126 Å². The maximum Gasteiger partial charge on any atom is 0.419 e. The predicted molar refractivity (Wildman–Crippen MR) is 71.3 cm³/mol. The number of H-pyrrole nitrogens is 1. The van der Waals surface area contributed by atoms with Crippen molar-refractivity contribution in [2.75, 3.05) is 5.73 Å². The summed E-state index contributed by atoms with van der Waals surface area (Å²) in [4.78, 5) is 13.7. The maximum atomic E-state index is 14.3. The fourth-order valence-electron chi connectivity index (χ4n) is 2.06. The highest BCUT2D eigenvalue weighted by atomic mass is 19.4. The largest absolute Gasteiger partial charge is 0.419 e.